The van der Waals surface area contributed by atoms with Gasteiger partial charge in [-0.1, -0.05) is 26.8 Å². The summed E-state index contributed by atoms with van der Waals surface area (Å²) in [4.78, 5) is 40.6. The van der Waals surface area contributed by atoms with Crippen LogP contribution in [0.1, 0.15) is 59.8 Å². The highest BCUT2D eigenvalue weighted by atomic mass is 32.1. The second-order valence-corrected chi connectivity index (χ2v) is 10.2. The van der Waals surface area contributed by atoms with Crippen molar-refractivity contribution >= 4 is 45.5 Å². The molecule has 8 heteroatoms. The molecule has 0 aromatic carbocycles. The molecule has 2 aromatic rings. The molecule has 1 atom stereocenters. The number of hydrogen-bond donors (Lipinski definition) is 1. The van der Waals surface area contributed by atoms with Crippen LogP contribution in [-0.2, 0) is 14.3 Å². The summed E-state index contributed by atoms with van der Waals surface area (Å²) in [5.41, 5.74) is 0.189. The van der Waals surface area contributed by atoms with Gasteiger partial charge in [-0.25, -0.2) is 4.79 Å². The average molecular weight is 435 g/mol. The van der Waals surface area contributed by atoms with E-state index in [1.807, 2.05) is 38.3 Å². The summed E-state index contributed by atoms with van der Waals surface area (Å²) in [6.07, 6.45) is 1.88. The van der Waals surface area contributed by atoms with E-state index in [9.17, 15) is 14.4 Å². The van der Waals surface area contributed by atoms with Crippen molar-refractivity contribution in [2.75, 3.05) is 18.5 Å². The van der Waals surface area contributed by atoms with Crippen LogP contribution in [0, 0.1) is 12.3 Å². The first-order valence-electron chi connectivity index (χ1n) is 9.58. The number of hydrogen-bond acceptors (Lipinski definition) is 6. The van der Waals surface area contributed by atoms with Crippen molar-refractivity contribution in [1.29, 1.82) is 0 Å². The fourth-order valence-electron chi connectivity index (χ4n) is 3.16. The van der Waals surface area contributed by atoms with Gasteiger partial charge in [0.05, 0.1) is 11.0 Å². The van der Waals surface area contributed by atoms with Crippen LogP contribution >= 0.6 is 22.7 Å². The van der Waals surface area contributed by atoms with Gasteiger partial charge in [0.25, 0.3) is 5.91 Å². The first-order chi connectivity index (χ1) is 13.7. The molecule has 29 heavy (non-hydrogen) atoms. The standard InChI is InChI=1S/C21H26N2O4S2/c1-13-11-16(22-20(26)21(2,3)4)29-18(13)19(25)27-12-17(24)23-9-5-7-14(23)15-8-6-10-28-15/h6,8,10-11,14H,5,7,9,12H2,1-4H3,(H,22,26). The van der Waals surface area contributed by atoms with Gasteiger partial charge in [-0.05, 0) is 42.8 Å². The van der Waals surface area contributed by atoms with Crippen molar-refractivity contribution in [2.24, 2.45) is 5.41 Å². The molecule has 0 bridgehead atoms. The van der Waals surface area contributed by atoms with E-state index < -0.39 is 11.4 Å². The summed E-state index contributed by atoms with van der Waals surface area (Å²) >= 11 is 2.80. The second-order valence-electron chi connectivity index (χ2n) is 8.16. The molecule has 0 saturated carbocycles. The topological polar surface area (TPSA) is 75.7 Å². The number of likely N-dealkylation sites (tertiary alicyclic amines) is 1. The number of rotatable bonds is 5. The van der Waals surface area contributed by atoms with Gasteiger partial charge in [-0.3, -0.25) is 9.59 Å². The lowest BCUT2D eigenvalue weighted by atomic mass is 9.96. The van der Waals surface area contributed by atoms with E-state index in [0.717, 1.165) is 29.1 Å². The summed E-state index contributed by atoms with van der Waals surface area (Å²) < 4.78 is 5.31. The molecular formula is C21H26N2O4S2. The summed E-state index contributed by atoms with van der Waals surface area (Å²) in [6, 6.07) is 5.84. The molecular weight excluding hydrogens is 408 g/mol. The summed E-state index contributed by atoms with van der Waals surface area (Å²) in [5, 5.41) is 5.43. The molecule has 1 fully saturated rings. The predicted octanol–water partition coefficient (Wildman–Crippen LogP) is 4.62. The number of carbonyl (C=O) groups is 3. The molecule has 2 aromatic heterocycles. The van der Waals surface area contributed by atoms with Crippen LogP contribution in [0.4, 0.5) is 5.00 Å². The highest BCUT2D eigenvalue weighted by Gasteiger charge is 2.31. The first kappa shape index (κ1) is 21.5. The number of anilines is 1. The fraction of sp³-hybridized carbons (Fsp3) is 0.476. The zero-order valence-corrected chi connectivity index (χ0v) is 18.7. The molecule has 6 nitrogen and oxygen atoms in total. The van der Waals surface area contributed by atoms with Crippen molar-refractivity contribution in [3.8, 4) is 0 Å². The Morgan fingerprint density at radius 1 is 1.31 bits per heavy atom. The van der Waals surface area contributed by atoms with Crippen molar-refractivity contribution in [3.05, 3.63) is 38.9 Å². The largest absolute Gasteiger partial charge is 0.451 e. The number of esters is 1. The van der Waals surface area contributed by atoms with E-state index in [-0.39, 0.29) is 24.5 Å². The molecule has 3 heterocycles. The molecule has 0 spiro atoms. The minimum absolute atomic E-state index is 0.0730. The Labute approximate surface area is 178 Å². The predicted molar refractivity (Wildman–Crippen MR) is 115 cm³/mol. The number of aryl methyl sites for hydroxylation is 1. The van der Waals surface area contributed by atoms with Gasteiger partial charge in [0, 0.05) is 16.8 Å². The minimum atomic E-state index is -0.538. The van der Waals surface area contributed by atoms with Crippen LogP contribution in [0.3, 0.4) is 0 Å². The van der Waals surface area contributed by atoms with Gasteiger partial charge in [0.1, 0.15) is 4.88 Å². The van der Waals surface area contributed by atoms with E-state index in [4.69, 9.17) is 4.74 Å². The zero-order chi connectivity index (χ0) is 21.2. The number of nitrogens with one attached hydrogen (secondary N) is 1. The monoisotopic (exact) mass is 434 g/mol. The summed E-state index contributed by atoms with van der Waals surface area (Å²) in [6.45, 7) is 7.67. The Bertz CT molecular complexity index is 896. The van der Waals surface area contributed by atoms with Gasteiger partial charge in [-0.15, -0.1) is 22.7 Å². The number of carbonyl (C=O) groups excluding carboxylic acids is 3. The Morgan fingerprint density at radius 2 is 2.07 bits per heavy atom. The average Bonchev–Trinajstić information content (AvgIpc) is 3.38. The third-order valence-electron chi connectivity index (χ3n) is 4.79. The van der Waals surface area contributed by atoms with Crippen LogP contribution in [0.2, 0.25) is 0 Å². The molecule has 0 aliphatic carbocycles. The summed E-state index contributed by atoms with van der Waals surface area (Å²) in [7, 11) is 0. The molecule has 1 N–H and O–H groups in total. The molecule has 1 saturated heterocycles. The zero-order valence-electron chi connectivity index (χ0n) is 17.1. The van der Waals surface area contributed by atoms with Crippen LogP contribution in [0.5, 0.6) is 0 Å². The van der Waals surface area contributed by atoms with E-state index in [1.165, 1.54) is 0 Å². The Kier molecular flexibility index (Phi) is 6.43. The van der Waals surface area contributed by atoms with Crippen LogP contribution in [0.25, 0.3) is 0 Å². The SMILES string of the molecule is Cc1cc(NC(=O)C(C)(C)C)sc1C(=O)OCC(=O)N1CCCC1c1cccs1. The lowest BCUT2D eigenvalue weighted by Crippen LogP contribution is -2.34. The smallest absolute Gasteiger partial charge is 0.349 e. The Morgan fingerprint density at radius 3 is 2.72 bits per heavy atom. The molecule has 2 amide bonds. The highest BCUT2D eigenvalue weighted by molar-refractivity contribution is 7.18. The van der Waals surface area contributed by atoms with Crippen molar-refractivity contribution < 1.29 is 19.1 Å². The lowest BCUT2D eigenvalue weighted by Gasteiger charge is -2.23. The fourth-order valence-corrected chi connectivity index (χ4v) is 5.00. The van der Waals surface area contributed by atoms with Gasteiger partial charge >= 0.3 is 5.97 Å². The van der Waals surface area contributed by atoms with Crippen molar-refractivity contribution in [3.63, 3.8) is 0 Å². The van der Waals surface area contributed by atoms with Crippen LogP contribution in [0.15, 0.2) is 23.6 Å². The van der Waals surface area contributed by atoms with E-state index in [0.29, 0.717) is 22.0 Å². The number of thiophene rings is 2. The quantitative estimate of drug-likeness (QED) is 0.697. The lowest BCUT2D eigenvalue weighted by molar-refractivity contribution is -0.135. The maximum Gasteiger partial charge on any atom is 0.349 e. The molecule has 1 aliphatic heterocycles. The van der Waals surface area contributed by atoms with Gasteiger partial charge in [0.2, 0.25) is 5.91 Å². The normalized spacial score (nSPS) is 16.7. The van der Waals surface area contributed by atoms with Crippen molar-refractivity contribution in [1.82, 2.24) is 4.90 Å². The minimum Gasteiger partial charge on any atom is -0.451 e. The highest BCUT2D eigenvalue weighted by Crippen LogP contribution is 2.34. The van der Waals surface area contributed by atoms with Gasteiger partial charge < -0.3 is 15.0 Å². The third-order valence-corrected chi connectivity index (χ3v) is 6.90. The van der Waals surface area contributed by atoms with Gasteiger partial charge in [0.15, 0.2) is 6.61 Å². The molecule has 3 rings (SSSR count). The Balaban J connectivity index is 1.59. The van der Waals surface area contributed by atoms with E-state index in [1.54, 1.807) is 29.2 Å². The van der Waals surface area contributed by atoms with Crippen LogP contribution < -0.4 is 5.32 Å². The maximum atomic E-state index is 12.6. The van der Waals surface area contributed by atoms with E-state index >= 15 is 0 Å². The Hall–Kier alpha value is -2.19. The number of amides is 2. The number of ether oxygens (including phenoxy) is 1. The third kappa shape index (κ3) is 5.05. The van der Waals surface area contributed by atoms with E-state index in [2.05, 4.69) is 5.32 Å². The summed E-state index contributed by atoms with van der Waals surface area (Å²) in [5.74, 6) is -0.837. The maximum absolute atomic E-state index is 12.6. The van der Waals surface area contributed by atoms with Crippen LogP contribution in [-0.4, -0.2) is 35.8 Å². The first-order valence-corrected chi connectivity index (χ1v) is 11.3. The molecule has 1 aliphatic rings. The number of nitrogens with zero attached hydrogens (tertiary/aromatic N) is 1. The molecule has 0 radical (unpaired) electrons. The van der Waals surface area contributed by atoms with Crippen molar-refractivity contribution in [2.45, 2.75) is 46.6 Å². The second kappa shape index (κ2) is 8.67. The molecule has 156 valence electrons. The molecule has 1 unspecified atom stereocenters. The van der Waals surface area contributed by atoms with Gasteiger partial charge in [-0.2, -0.15) is 0 Å².